The van der Waals surface area contributed by atoms with Gasteiger partial charge in [-0.15, -0.1) is 0 Å². The third-order valence-electron chi connectivity index (χ3n) is 5.54. The third kappa shape index (κ3) is 4.81. The van der Waals surface area contributed by atoms with Crippen molar-refractivity contribution >= 4 is 34.4 Å². The van der Waals surface area contributed by atoms with Crippen molar-refractivity contribution in [2.24, 2.45) is 10.9 Å². The Morgan fingerprint density at radius 1 is 1.16 bits per heavy atom. The van der Waals surface area contributed by atoms with Gasteiger partial charge < -0.3 is 5.32 Å². The van der Waals surface area contributed by atoms with Gasteiger partial charge >= 0.3 is 0 Å². The molecule has 1 amide bonds. The first-order valence-electron chi connectivity index (χ1n) is 10.4. The molecule has 1 fully saturated rings. The van der Waals surface area contributed by atoms with E-state index in [1.54, 1.807) is 0 Å². The van der Waals surface area contributed by atoms with E-state index in [9.17, 15) is 4.79 Å². The molecule has 0 bridgehead atoms. The molecule has 162 valence electrons. The number of amides is 1. The van der Waals surface area contributed by atoms with E-state index in [0.717, 1.165) is 16.8 Å². The standard InChI is InChI=1S/C23H28N6OS/c1-14-7-9-17(10-8-14)12-25-19(30)13-31-23-26-22-20(16(3)27-28-22)21(24)29(23)18-6-4-5-15(2)11-18/h4-11,16,20,22,24,27-28H,12-13H2,1-3H3,(H,25,30). The van der Waals surface area contributed by atoms with Crippen molar-refractivity contribution < 1.29 is 4.79 Å². The van der Waals surface area contributed by atoms with E-state index in [1.165, 1.54) is 17.3 Å². The summed E-state index contributed by atoms with van der Waals surface area (Å²) in [6.45, 7) is 6.62. The number of nitrogens with one attached hydrogen (secondary N) is 4. The number of amidine groups is 2. The summed E-state index contributed by atoms with van der Waals surface area (Å²) in [6.07, 6.45) is -0.207. The number of carbonyl (C=O) groups excluding carboxylic acids is 1. The van der Waals surface area contributed by atoms with E-state index >= 15 is 0 Å². The van der Waals surface area contributed by atoms with Crippen LogP contribution in [0.4, 0.5) is 5.69 Å². The Hall–Kier alpha value is -2.68. The van der Waals surface area contributed by atoms with Crippen LogP contribution in [0.25, 0.3) is 0 Å². The number of hydrogen-bond acceptors (Lipinski definition) is 6. The van der Waals surface area contributed by atoms with Crippen LogP contribution in [0.2, 0.25) is 0 Å². The molecule has 3 atom stereocenters. The predicted octanol–water partition coefficient (Wildman–Crippen LogP) is 2.94. The number of hydrogen-bond donors (Lipinski definition) is 4. The highest BCUT2D eigenvalue weighted by Crippen LogP contribution is 2.31. The van der Waals surface area contributed by atoms with Crippen molar-refractivity contribution in [1.29, 1.82) is 5.41 Å². The second-order valence-electron chi connectivity index (χ2n) is 8.07. The molecule has 4 N–H and O–H groups in total. The van der Waals surface area contributed by atoms with Gasteiger partial charge in [-0.25, -0.2) is 10.4 Å². The minimum absolute atomic E-state index is 0.0583. The van der Waals surface area contributed by atoms with Crippen LogP contribution in [-0.4, -0.2) is 34.9 Å². The molecular weight excluding hydrogens is 408 g/mol. The van der Waals surface area contributed by atoms with Gasteiger partial charge in [0.15, 0.2) is 5.17 Å². The quantitative estimate of drug-likeness (QED) is 0.578. The molecule has 0 aromatic heterocycles. The van der Waals surface area contributed by atoms with Crippen LogP contribution in [0.1, 0.15) is 23.6 Å². The Kier molecular flexibility index (Phi) is 6.41. The highest BCUT2D eigenvalue weighted by molar-refractivity contribution is 8.14. The number of aryl methyl sites for hydroxylation is 2. The lowest BCUT2D eigenvalue weighted by Gasteiger charge is -2.36. The van der Waals surface area contributed by atoms with Crippen molar-refractivity contribution in [3.8, 4) is 0 Å². The lowest BCUT2D eigenvalue weighted by molar-refractivity contribution is -0.118. The van der Waals surface area contributed by atoms with Gasteiger partial charge in [0.05, 0.1) is 11.7 Å². The molecule has 3 unspecified atom stereocenters. The van der Waals surface area contributed by atoms with Crippen molar-refractivity contribution in [1.82, 2.24) is 16.2 Å². The minimum Gasteiger partial charge on any atom is -0.351 e. The molecule has 0 aliphatic carbocycles. The molecular formula is C23H28N6OS. The fraction of sp³-hybridized carbons (Fsp3) is 0.348. The molecule has 2 aromatic rings. The molecule has 0 radical (unpaired) electrons. The molecule has 0 spiro atoms. The summed E-state index contributed by atoms with van der Waals surface area (Å²) < 4.78 is 0. The van der Waals surface area contributed by atoms with Gasteiger partial charge in [0.25, 0.3) is 0 Å². The lowest BCUT2D eigenvalue weighted by Crippen LogP contribution is -2.50. The Morgan fingerprint density at radius 2 is 1.94 bits per heavy atom. The summed E-state index contributed by atoms with van der Waals surface area (Å²) in [5.41, 5.74) is 10.6. The average Bonchev–Trinajstić information content (AvgIpc) is 3.12. The number of anilines is 1. The molecule has 7 nitrogen and oxygen atoms in total. The van der Waals surface area contributed by atoms with E-state index in [2.05, 4.69) is 16.2 Å². The first-order valence-corrected chi connectivity index (χ1v) is 11.4. The summed E-state index contributed by atoms with van der Waals surface area (Å²) >= 11 is 1.36. The van der Waals surface area contributed by atoms with Gasteiger partial charge in [0.2, 0.25) is 5.91 Å². The van der Waals surface area contributed by atoms with Crippen LogP contribution in [0.15, 0.2) is 53.5 Å². The molecule has 2 heterocycles. The maximum absolute atomic E-state index is 12.5. The molecule has 0 saturated carbocycles. The van der Waals surface area contributed by atoms with Crippen LogP contribution in [0.5, 0.6) is 0 Å². The molecule has 31 heavy (non-hydrogen) atoms. The molecule has 4 rings (SSSR count). The van der Waals surface area contributed by atoms with Gasteiger partial charge in [-0.1, -0.05) is 53.7 Å². The van der Waals surface area contributed by atoms with E-state index in [-0.39, 0.29) is 29.8 Å². The van der Waals surface area contributed by atoms with Crippen LogP contribution in [0, 0.1) is 25.2 Å². The number of hydrazine groups is 1. The number of thioether (sulfide) groups is 1. The Balaban J connectivity index is 1.47. The largest absolute Gasteiger partial charge is 0.351 e. The normalized spacial score (nSPS) is 22.8. The van der Waals surface area contributed by atoms with E-state index in [1.807, 2.05) is 74.2 Å². The summed E-state index contributed by atoms with van der Waals surface area (Å²) in [5.74, 6) is 0.594. The molecule has 2 aliphatic heterocycles. The Labute approximate surface area is 187 Å². The van der Waals surface area contributed by atoms with Gasteiger partial charge in [0, 0.05) is 18.3 Å². The van der Waals surface area contributed by atoms with Crippen LogP contribution in [0.3, 0.4) is 0 Å². The maximum atomic E-state index is 12.5. The lowest BCUT2D eigenvalue weighted by atomic mass is 9.97. The van der Waals surface area contributed by atoms with Gasteiger partial charge in [-0.05, 0) is 44.0 Å². The third-order valence-corrected chi connectivity index (χ3v) is 6.49. The number of nitrogens with zero attached hydrogens (tertiary/aromatic N) is 2. The SMILES string of the molecule is Cc1ccc(CNC(=O)CSC2=NC3NNC(C)C3C(=N)N2c2cccc(C)c2)cc1. The number of carbonyl (C=O) groups is 1. The Bertz CT molecular complexity index is 1010. The predicted molar refractivity (Wildman–Crippen MR) is 127 cm³/mol. The Morgan fingerprint density at radius 3 is 2.68 bits per heavy atom. The maximum Gasteiger partial charge on any atom is 0.230 e. The summed E-state index contributed by atoms with van der Waals surface area (Å²) in [7, 11) is 0. The van der Waals surface area contributed by atoms with E-state index in [4.69, 9.17) is 10.4 Å². The zero-order chi connectivity index (χ0) is 22.0. The van der Waals surface area contributed by atoms with E-state index in [0.29, 0.717) is 17.5 Å². The van der Waals surface area contributed by atoms with Gasteiger partial charge in [-0.2, -0.15) is 0 Å². The van der Waals surface area contributed by atoms with Gasteiger partial charge in [0.1, 0.15) is 12.0 Å². The van der Waals surface area contributed by atoms with Gasteiger partial charge in [-0.3, -0.25) is 20.5 Å². The smallest absolute Gasteiger partial charge is 0.230 e. The van der Waals surface area contributed by atoms with Crippen molar-refractivity contribution in [2.75, 3.05) is 10.7 Å². The fourth-order valence-electron chi connectivity index (χ4n) is 3.80. The first kappa shape index (κ1) is 21.5. The number of fused-ring (bicyclic) bond motifs is 1. The summed E-state index contributed by atoms with van der Waals surface area (Å²) in [5, 5.41) is 12.5. The monoisotopic (exact) mass is 436 g/mol. The van der Waals surface area contributed by atoms with E-state index < -0.39 is 0 Å². The average molecular weight is 437 g/mol. The molecule has 1 saturated heterocycles. The number of rotatable bonds is 5. The minimum atomic E-state index is -0.207. The summed E-state index contributed by atoms with van der Waals surface area (Å²) in [6, 6.07) is 16.3. The molecule has 8 heteroatoms. The fourth-order valence-corrected chi connectivity index (χ4v) is 4.69. The number of benzene rings is 2. The number of aliphatic imine (C=N–C) groups is 1. The van der Waals surface area contributed by atoms with Crippen molar-refractivity contribution in [2.45, 2.75) is 39.5 Å². The molecule has 2 aliphatic rings. The van der Waals surface area contributed by atoms with Crippen LogP contribution < -0.4 is 21.1 Å². The summed E-state index contributed by atoms with van der Waals surface area (Å²) in [4.78, 5) is 19.2. The van der Waals surface area contributed by atoms with Crippen LogP contribution >= 0.6 is 11.8 Å². The molecule has 2 aromatic carbocycles. The zero-order valence-electron chi connectivity index (χ0n) is 18.0. The topological polar surface area (TPSA) is 92.6 Å². The zero-order valence-corrected chi connectivity index (χ0v) is 18.8. The highest BCUT2D eigenvalue weighted by Gasteiger charge is 2.43. The van der Waals surface area contributed by atoms with Crippen molar-refractivity contribution in [3.05, 3.63) is 65.2 Å². The van der Waals surface area contributed by atoms with Crippen LogP contribution in [-0.2, 0) is 11.3 Å². The highest BCUT2D eigenvalue weighted by atomic mass is 32.2. The van der Waals surface area contributed by atoms with Crippen molar-refractivity contribution in [3.63, 3.8) is 0 Å². The second-order valence-corrected chi connectivity index (χ2v) is 9.01. The first-order chi connectivity index (χ1) is 14.9. The second kappa shape index (κ2) is 9.21.